The lowest BCUT2D eigenvalue weighted by molar-refractivity contribution is 0.146. The first-order valence-corrected chi connectivity index (χ1v) is 9.19. The topological polar surface area (TPSA) is 89.0 Å². The molecule has 3 heterocycles. The van der Waals surface area contributed by atoms with Gasteiger partial charge < -0.3 is 10.6 Å². The summed E-state index contributed by atoms with van der Waals surface area (Å²) in [5.74, 6) is 1.47. The van der Waals surface area contributed by atoms with Gasteiger partial charge in [0.2, 0.25) is 0 Å². The number of hydrogen-bond donors (Lipinski definition) is 1. The lowest BCUT2D eigenvalue weighted by Gasteiger charge is -2.43. The zero-order chi connectivity index (χ0) is 18.8. The van der Waals surface area contributed by atoms with Crippen LogP contribution in [0.5, 0.6) is 0 Å². The van der Waals surface area contributed by atoms with E-state index in [1.165, 1.54) is 0 Å². The smallest absolute Gasteiger partial charge is 0.331 e. The summed E-state index contributed by atoms with van der Waals surface area (Å²) in [7, 11) is 0. The zero-order valence-corrected chi connectivity index (χ0v) is 15.1. The number of carbonyl (C=O) groups is 1. The Morgan fingerprint density at radius 3 is 3.00 bits per heavy atom. The molecule has 4 rings (SSSR count). The van der Waals surface area contributed by atoms with E-state index in [2.05, 4.69) is 16.0 Å². The Kier molecular flexibility index (Phi) is 4.65. The molecule has 0 radical (unpaired) electrons. The van der Waals surface area contributed by atoms with Crippen LogP contribution in [0.25, 0.3) is 0 Å². The van der Waals surface area contributed by atoms with Crippen molar-refractivity contribution in [2.24, 2.45) is 10.7 Å². The van der Waals surface area contributed by atoms with Crippen molar-refractivity contribution in [1.82, 2.24) is 14.7 Å². The summed E-state index contributed by atoms with van der Waals surface area (Å²) in [4.78, 5) is 23.2. The molecular formula is C20H22N6O. The van der Waals surface area contributed by atoms with Gasteiger partial charge >= 0.3 is 6.03 Å². The maximum atomic E-state index is 13.3. The van der Waals surface area contributed by atoms with E-state index < -0.39 is 0 Å². The van der Waals surface area contributed by atoms with Gasteiger partial charge in [0.15, 0.2) is 0 Å². The Bertz CT molecular complexity index is 881. The number of nitrogens with two attached hydrogens (primary N) is 1. The highest BCUT2D eigenvalue weighted by atomic mass is 16.2. The van der Waals surface area contributed by atoms with E-state index >= 15 is 0 Å². The first kappa shape index (κ1) is 17.3. The number of hydrogen-bond acceptors (Lipinski definition) is 5. The molecule has 1 aromatic carbocycles. The number of amidine groups is 1. The highest BCUT2D eigenvalue weighted by Crippen LogP contribution is 2.27. The zero-order valence-electron chi connectivity index (χ0n) is 15.1. The molecule has 138 valence electrons. The fraction of sp³-hybridized carbons (Fsp3) is 0.350. The number of benzene rings is 1. The molecule has 0 aromatic heterocycles. The first-order valence-electron chi connectivity index (χ1n) is 9.19. The van der Waals surface area contributed by atoms with E-state index in [0.29, 0.717) is 31.0 Å². The minimum absolute atomic E-state index is 0.0919. The summed E-state index contributed by atoms with van der Waals surface area (Å²) in [6.45, 7) is 2.40. The van der Waals surface area contributed by atoms with Crippen LogP contribution in [-0.4, -0.2) is 52.2 Å². The molecule has 0 saturated carbocycles. The third kappa shape index (κ3) is 3.32. The van der Waals surface area contributed by atoms with Gasteiger partial charge in [0.25, 0.3) is 0 Å². The highest BCUT2D eigenvalue weighted by molar-refractivity contribution is 6.07. The molecular weight excluding hydrogens is 340 g/mol. The number of nitriles is 1. The van der Waals surface area contributed by atoms with Gasteiger partial charge in [-0.25, -0.2) is 9.79 Å². The Balaban J connectivity index is 1.72. The second kappa shape index (κ2) is 7.25. The molecule has 0 aliphatic carbocycles. The molecule has 1 fully saturated rings. The number of likely N-dealkylation sites (tertiary alicyclic amines) is 1. The molecule has 3 aliphatic rings. The molecule has 2 N–H and O–H groups in total. The molecule has 27 heavy (non-hydrogen) atoms. The van der Waals surface area contributed by atoms with Gasteiger partial charge in [-0.05, 0) is 30.5 Å². The average molecular weight is 362 g/mol. The Hall–Kier alpha value is -3.11. The number of amides is 2. The molecule has 7 heteroatoms. The van der Waals surface area contributed by atoms with Crippen LogP contribution in [0.15, 0.2) is 53.4 Å². The molecule has 7 nitrogen and oxygen atoms in total. The van der Waals surface area contributed by atoms with Gasteiger partial charge in [0.05, 0.1) is 18.2 Å². The molecule has 1 aromatic rings. The van der Waals surface area contributed by atoms with Crippen LogP contribution in [-0.2, 0) is 6.54 Å². The number of fused-ring (bicyclic) bond motifs is 1. The fourth-order valence-electron chi connectivity index (χ4n) is 3.74. The van der Waals surface area contributed by atoms with Crippen LogP contribution in [0, 0.1) is 11.3 Å². The van der Waals surface area contributed by atoms with Crippen LogP contribution in [0.4, 0.5) is 4.79 Å². The van der Waals surface area contributed by atoms with E-state index in [1.54, 1.807) is 22.1 Å². The van der Waals surface area contributed by atoms with E-state index in [0.717, 1.165) is 30.8 Å². The van der Waals surface area contributed by atoms with Crippen molar-refractivity contribution >= 4 is 11.9 Å². The molecule has 1 unspecified atom stereocenters. The standard InChI is InChI=1S/C20H22N6O/c21-12-15-5-1-2-6-16(15)13-26-19(24-9-3-7-17(22)14-24)11-18-23-8-4-10-25(18)20(26)27/h1-2,4-6,8,11,17H,3,7,9-10,13-14,22H2. The molecule has 2 amide bonds. The molecule has 0 spiro atoms. The third-order valence-corrected chi connectivity index (χ3v) is 5.12. The third-order valence-electron chi connectivity index (χ3n) is 5.12. The average Bonchev–Trinajstić information content (AvgIpc) is 2.70. The number of rotatable bonds is 3. The van der Waals surface area contributed by atoms with Gasteiger partial charge in [-0.15, -0.1) is 0 Å². The quantitative estimate of drug-likeness (QED) is 0.890. The van der Waals surface area contributed by atoms with Crippen molar-refractivity contribution in [3.63, 3.8) is 0 Å². The lowest BCUT2D eigenvalue weighted by atomic mass is 10.1. The number of nitrogens with zero attached hydrogens (tertiary/aromatic N) is 5. The molecule has 3 aliphatic heterocycles. The number of urea groups is 1. The maximum Gasteiger partial charge on any atom is 0.331 e. The fourth-order valence-corrected chi connectivity index (χ4v) is 3.74. The van der Waals surface area contributed by atoms with Crippen molar-refractivity contribution in [2.45, 2.75) is 25.4 Å². The van der Waals surface area contributed by atoms with Crippen LogP contribution in [0.3, 0.4) is 0 Å². The second-order valence-electron chi connectivity index (χ2n) is 6.97. The van der Waals surface area contributed by atoms with Crippen LogP contribution in [0.2, 0.25) is 0 Å². The summed E-state index contributed by atoms with van der Waals surface area (Å²) < 4.78 is 0. The molecule has 1 atom stereocenters. The highest BCUT2D eigenvalue weighted by Gasteiger charge is 2.36. The molecule has 0 bridgehead atoms. The predicted molar refractivity (Wildman–Crippen MR) is 102 cm³/mol. The SMILES string of the molecule is N#Cc1ccccc1CN1C(=O)N2CC=CN=C2C=C1N1CCCC(N)C1. The first-order chi connectivity index (χ1) is 13.2. The minimum atomic E-state index is -0.123. The van der Waals surface area contributed by atoms with Gasteiger partial charge in [-0.1, -0.05) is 18.2 Å². The van der Waals surface area contributed by atoms with Gasteiger partial charge in [0, 0.05) is 38.0 Å². The minimum Gasteiger partial charge on any atom is -0.356 e. The lowest BCUT2D eigenvalue weighted by Crippen LogP contribution is -2.55. The number of piperidine rings is 1. The molecule has 1 saturated heterocycles. The van der Waals surface area contributed by atoms with Crippen LogP contribution in [0.1, 0.15) is 24.0 Å². The summed E-state index contributed by atoms with van der Waals surface area (Å²) in [6.07, 6.45) is 7.53. The summed E-state index contributed by atoms with van der Waals surface area (Å²) in [5.41, 5.74) is 7.58. The van der Waals surface area contributed by atoms with Crippen molar-refractivity contribution < 1.29 is 4.79 Å². The number of carbonyl (C=O) groups excluding carboxylic acids is 1. The van der Waals surface area contributed by atoms with Crippen molar-refractivity contribution in [1.29, 1.82) is 5.26 Å². The van der Waals surface area contributed by atoms with Crippen molar-refractivity contribution in [3.8, 4) is 6.07 Å². The summed E-state index contributed by atoms with van der Waals surface area (Å²) in [5, 5.41) is 9.42. The normalized spacial score (nSPS) is 22.1. The Labute approximate surface area is 158 Å². The Morgan fingerprint density at radius 1 is 1.33 bits per heavy atom. The monoisotopic (exact) mass is 362 g/mol. The van der Waals surface area contributed by atoms with Crippen LogP contribution >= 0.6 is 0 Å². The largest absolute Gasteiger partial charge is 0.356 e. The Morgan fingerprint density at radius 2 is 2.19 bits per heavy atom. The van der Waals surface area contributed by atoms with Gasteiger partial charge in [0.1, 0.15) is 11.7 Å². The van der Waals surface area contributed by atoms with Crippen LogP contribution < -0.4 is 5.73 Å². The van der Waals surface area contributed by atoms with E-state index in [1.807, 2.05) is 30.4 Å². The van der Waals surface area contributed by atoms with E-state index in [9.17, 15) is 10.1 Å². The van der Waals surface area contributed by atoms with E-state index in [-0.39, 0.29) is 12.1 Å². The summed E-state index contributed by atoms with van der Waals surface area (Å²) in [6, 6.07) is 9.58. The maximum absolute atomic E-state index is 13.3. The number of aliphatic imine (C=N–C) groups is 1. The van der Waals surface area contributed by atoms with Gasteiger partial charge in [-0.3, -0.25) is 9.80 Å². The summed E-state index contributed by atoms with van der Waals surface area (Å²) >= 11 is 0. The van der Waals surface area contributed by atoms with E-state index in [4.69, 9.17) is 5.73 Å². The van der Waals surface area contributed by atoms with Gasteiger partial charge in [-0.2, -0.15) is 5.26 Å². The van der Waals surface area contributed by atoms with Crippen molar-refractivity contribution in [3.05, 3.63) is 59.6 Å². The van der Waals surface area contributed by atoms with Crippen molar-refractivity contribution in [2.75, 3.05) is 19.6 Å². The second-order valence-corrected chi connectivity index (χ2v) is 6.97. The predicted octanol–water partition coefficient (Wildman–Crippen LogP) is 1.99.